The first-order valence-electron chi connectivity index (χ1n) is 6.56. The molecule has 0 aliphatic heterocycles. The molecule has 1 N–H and O–H groups in total. The van der Waals surface area contributed by atoms with E-state index in [1.54, 1.807) is 0 Å². The highest BCUT2D eigenvalue weighted by molar-refractivity contribution is 4.67. The van der Waals surface area contributed by atoms with Crippen molar-refractivity contribution in [2.45, 2.75) is 53.5 Å². The third-order valence-corrected chi connectivity index (χ3v) is 2.71. The molecule has 0 radical (unpaired) electrons. The second-order valence-electron chi connectivity index (χ2n) is 4.90. The molecule has 0 fully saturated rings. The molecular formula is C13H30N2. The van der Waals surface area contributed by atoms with Crippen molar-refractivity contribution in [3.05, 3.63) is 0 Å². The Morgan fingerprint density at radius 2 is 1.73 bits per heavy atom. The molecule has 0 amide bonds. The zero-order chi connectivity index (χ0) is 11.7. The molecular weight excluding hydrogens is 184 g/mol. The molecule has 92 valence electrons. The Bertz CT molecular complexity index is 134. The second kappa shape index (κ2) is 9.17. The summed E-state index contributed by atoms with van der Waals surface area (Å²) in [5.41, 5.74) is 0. The van der Waals surface area contributed by atoms with Crippen LogP contribution in [-0.4, -0.2) is 37.1 Å². The standard InChI is InChI=1S/C13H30N2/c1-6-8-14-10-13(5)11-15(9-7-2)12(3)4/h12-14H,6-11H2,1-5H3. The van der Waals surface area contributed by atoms with Gasteiger partial charge in [-0.2, -0.15) is 0 Å². The van der Waals surface area contributed by atoms with Gasteiger partial charge in [0.2, 0.25) is 0 Å². The maximum Gasteiger partial charge on any atom is 0.00387 e. The fourth-order valence-electron chi connectivity index (χ4n) is 1.84. The highest BCUT2D eigenvalue weighted by Crippen LogP contribution is 2.05. The van der Waals surface area contributed by atoms with E-state index >= 15 is 0 Å². The minimum Gasteiger partial charge on any atom is -0.316 e. The summed E-state index contributed by atoms with van der Waals surface area (Å²) in [7, 11) is 0. The molecule has 1 unspecified atom stereocenters. The normalized spacial score (nSPS) is 13.8. The van der Waals surface area contributed by atoms with E-state index in [9.17, 15) is 0 Å². The van der Waals surface area contributed by atoms with Crippen molar-refractivity contribution in [2.24, 2.45) is 5.92 Å². The smallest absolute Gasteiger partial charge is 0.00387 e. The van der Waals surface area contributed by atoms with Gasteiger partial charge in [-0.3, -0.25) is 0 Å². The lowest BCUT2D eigenvalue weighted by Gasteiger charge is -2.29. The predicted molar refractivity (Wildman–Crippen MR) is 69.3 cm³/mol. The molecule has 15 heavy (non-hydrogen) atoms. The number of nitrogens with zero attached hydrogens (tertiary/aromatic N) is 1. The lowest BCUT2D eigenvalue weighted by molar-refractivity contribution is 0.191. The van der Waals surface area contributed by atoms with Crippen LogP contribution >= 0.6 is 0 Å². The Morgan fingerprint density at radius 3 is 2.20 bits per heavy atom. The monoisotopic (exact) mass is 214 g/mol. The molecule has 0 saturated heterocycles. The van der Waals surface area contributed by atoms with Gasteiger partial charge in [0, 0.05) is 12.6 Å². The molecule has 0 saturated carbocycles. The van der Waals surface area contributed by atoms with Gasteiger partial charge in [-0.1, -0.05) is 20.8 Å². The zero-order valence-electron chi connectivity index (χ0n) is 11.3. The van der Waals surface area contributed by atoms with Crippen LogP contribution in [0.5, 0.6) is 0 Å². The van der Waals surface area contributed by atoms with Crippen LogP contribution in [0, 0.1) is 5.92 Å². The summed E-state index contributed by atoms with van der Waals surface area (Å²) < 4.78 is 0. The number of hydrogen-bond donors (Lipinski definition) is 1. The third kappa shape index (κ3) is 7.80. The molecule has 0 heterocycles. The highest BCUT2D eigenvalue weighted by Gasteiger charge is 2.11. The van der Waals surface area contributed by atoms with Crippen molar-refractivity contribution >= 4 is 0 Å². The predicted octanol–water partition coefficient (Wildman–Crippen LogP) is 2.74. The van der Waals surface area contributed by atoms with Gasteiger partial charge in [0.15, 0.2) is 0 Å². The van der Waals surface area contributed by atoms with E-state index in [0.717, 1.165) is 19.0 Å². The van der Waals surface area contributed by atoms with Gasteiger partial charge < -0.3 is 10.2 Å². The molecule has 0 aliphatic rings. The van der Waals surface area contributed by atoms with Gasteiger partial charge in [-0.15, -0.1) is 0 Å². The van der Waals surface area contributed by atoms with E-state index in [4.69, 9.17) is 0 Å². The molecule has 1 atom stereocenters. The summed E-state index contributed by atoms with van der Waals surface area (Å²) in [6, 6.07) is 0.679. The summed E-state index contributed by atoms with van der Waals surface area (Å²) in [6.07, 6.45) is 2.49. The Hall–Kier alpha value is -0.0800. The topological polar surface area (TPSA) is 15.3 Å². The fourth-order valence-corrected chi connectivity index (χ4v) is 1.84. The van der Waals surface area contributed by atoms with E-state index < -0.39 is 0 Å². The molecule has 0 aromatic carbocycles. The molecule has 0 spiro atoms. The average molecular weight is 214 g/mol. The first kappa shape index (κ1) is 14.9. The molecule has 2 nitrogen and oxygen atoms in total. The van der Waals surface area contributed by atoms with Crippen molar-refractivity contribution in [2.75, 3.05) is 26.2 Å². The first-order chi connectivity index (χ1) is 7.11. The van der Waals surface area contributed by atoms with Crippen molar-refractivity contribution in [1.29, 1.82) is 0 Å². The Kier molecular flexibility index (Phi) is 9.12. The molecule has 0 aromatic heterocycles. The van der Waals surface area contributed by atoms with Gasteiger partial charge in [0.25, 0.3) is 0 Å². The lowest BCUT2D eigenvalue weighted by atomic mass is 10.1. The van der Waals surface area contributed by atoms with Crippen LogP contribution in [-0.2, 0) is 0 Å². The Balaban J connectivity index is 3.73. The summed E-state index contributed by atoms with van der Waals surface area (Å²) >= 11 is 0. The quantitative estimate of drug-likeness (QED) is 0.594. The summed E-state index contributed by atoms with van der Waals surface area (Å²) in [4.78, 5) is 2.58. The van der Waals surface area contributed by atoms with Gasteiger partial charge in [0.05, 0.1) is 0 Å². The van der Waals surface area contributed by atoms with E-state index in [0.29, 0.717) is 6.04 Å². The summed E-state index contributed by atoms with van der Waals surface area (Å²) in [5, 5.41) is 3.49. The van der Waals surface area contributed by atoms with E-state index in [1.165, 1.54) is 25.9 Å². The number of hydrogen-bond acceptors (Lipinski definition) is 2. The van der Waals surface area contributed by atoms with Crippen LogP contribution in [0.4, 0.5) is 0 Å². The Labute approximate surface area is 96.4 Å². The SMILES string of the molecule is CCCNCC(C)CN(CCC)C(C)C. The van der Waals surface area contributed by atoms with Crippen molar-refractivity contribution in [1.82, 2.24) is 10.2 Å². The van der Waals surface area contributed by atoms with Crippen LogP contribution in [0.1, 0.15) is 47.5 Å². The molecule has 2 heteroatoms. The lowest BCUT2D eigenvalue weighted by Crippen LogP contribution is -2.38. The number of nitrogens with one attached hydrogen (secondary N) is 1. The average Bonchev–Trinajstić information content (AvgIpc) is 2.17. The van der Waals surface area contributed by atoms with Crippen LogP contribution < -0.4 is 5.32 Å². The third-order valence-electron chi connectivity index (χ3n) is 2.71. The molecule has 0 bridgehead atoms. The summed E-state index contributed by atoms with van der Waals surface area (Å²) in [6.45, 7) is 16.2. The van der Waals surface area contributed by atoms with Crippen LogP contribution in [0.2, 0.25) is 0 Å². The summed E-state index contributed by atoms with van der Waals surface area (Å²) in [5.74, 6) is 0.755. The largest absolute Gasteiger partial charge is 0.316 e. The Morgan fingerprint density at radius 1 is 1.07 bits per heavy atom. The van der Waals surface area contributed by atoms with Crippen molar-refractivity contribution < 1.29 is 0 Å². The second-order valence-corrected chi connectivity index (χ2v) is 4.90. The van der Waals surface area contributed by atoms with Gasteiger partial charge >= 0.3 is 0 Å². The van der Waals surface area contributed by atoms with Gasteiger partial charge in [-0.25, -0.2) is 0 Å². The molecule has 0 aromatic rings. The molecule has 0 rings (SSSR count). The molecule has 0 aliphatic carbocycles. The van der Waals surface area contributed by atoms with Crippen LogP contribution in [0.25, 0.3) is 0 Å². The van der Waals surface area contributed by atoms with Crippen LogP contribution in [0.15, 0.2) is 0 Å². The minimum atomic E-state index is 0.679. The van der Waals surface area contributed by atoms with E-state index in [2.05, 4.69) is 44.8 Å². The van der Waals surface area contributed by atoms with E-state index in [-0.39, 0.29) is 0 Å². The van der Waals surface area contributed by atoms with Crippen molar-refractivity contribution in [3.8, 4) is 0 Å². The van der Waals surface area contributed by atoms with Crippen LogP contribution in [0.3, 0.4) is 0 Å². The first-order valence-corrected chi connectivity index (χ1v) is 6.56. The van der Waals surface area contributed by atoms with Crippen molar-refractivity contribution in [3.63, 3.8) is 0 Å². The van der Waals surface area contributed by atoms with Gasteiger partial charge in [-0.05, 0) is 52.2 Å². The van der Waals surface area contributed by atoms with Gasteiger partial charge in [0.1, 0.15) is 0 Å². The maximum atomic E-state index is 3.49. The minimum absolute atomic E-state index is 0.679. The zero-order valence-corrected chi connectivity index (χ0v) is 11.3. The number of rotatable bonds is 9. The maximum absolute atomic E-state index is 3.49. The van der Waals surface area contributed by atoms with E-state index in [1.807, 2.05) is 0 Å². The fraction of sp³-hybridized carbons (Fsp3) is 1.00. The highest BCUT2D eigenvalue weighted by atomic mass is 15.1.